The Hall–Kier alpha value is -6.70. The van der Waals surface area contributed by atoms with Gasteiger partial charge in [-0.1, -0.05) is 133 Å². The number of hydrogen-bond acceptors (Lipinski definition) is 4. The third kappa shape index (κ3) is 4.41. The maximum atomic E-state index is 9.51. The third-order valence-corrected chi connectivity index (χ3v) is 10.3. The van der Waals surface area contributed by atoms with Gasteiger partial charge in [-0.15, -0.1) is 0 Å². The van der Waals surface area contributed by atoms with Crippen LogP contribution in [0.15, 0.2) is 140 Å². The molecule has 0 bridgehead atoms. The Balaban J connectivity index is 1.11. The van der Waals surface area contributed by atoms with Crippen LogP contribution in [-0.2, 0) is 0 Å². The lowest BCUT2D eigenvalue weighted by Gasteiger charge is -2.27. The molecule has 0 radical (unpaired) electrons. The van der Waals surface area contributed by atoms with Gasteiger partial charge in [0.15, 0.2) is 0 Å². The van der Waals surface area contributed by atoms with Crippen LogP contribution in [0.5, 0.6) is 0 Å². The molecular weight excluding hydrogens is 609 g/mol. The van der Waals surface area contributed by atoms with Gasteiger partial charge in [0.1, 0.15) is 0 Å². The molecule has 3 heterocycles. The summed E-state index contributed by atoms with van der Waals surface area (Å²) in [7, 11) is 0. The summed E-state index contributed by atoms with van der Waals surface area (Å²) < 4.78 is 0. The van der Waals surface area contributed by atoms with Gasteiger partial charge in [0, 0.05) is 28.3 Å². The minimum atomic E-state index is 0.0819. The second kappa shape index (κ2) is 11.2. The molecule has 234 valence electrons. The van der Waals surface area contributed by atoms with Crippen LogP contribution in [-0.4, -0.2) is 11.5 Å². The topological polar surface area (TPSA) is 60.7 Å². The first kappa shape index (κ1) is 28.3. The van der Waals surface area contributed by atoms with Crippen molar-refractivity contribution >= 4 is 66.7 Å². The predicted octanol–water partition coefficient (Wildman–Crippen LogP) is 11.5. The lowest BCUT2D eigenvalue weighted by molar-refractivity contribution is 0.978. The Morgan fingerprint density at radius 2 is 1.26 bits per heavy atom. The first-order valence-electron chi connectivity index (χ1n) is 17.0. The highest BCUT2D eigenvalue weighted by Gasteiger charge is 2.21. The molecule has 0 spiro atoms. The van der Waals surface area contributed by atoms with Gasteiger partial charge in [-0.2, -0.15) is 5.26 Å². The van der Waals surface area contributed by atoms with E-state index in [0.29, 0.717) is 5.56 Å². The highest BCUT2D eigenvalue weighted by molar-refractivity contribution is 6.33. The molecule has 0 amide bonds. The molecule has 1 aromatic heterocycles. The van der Waals surface area contributed by atoms with Gasteiger partial charge in [0.25, 0.3) is 0 Å². The zero-order chi connectivity index (χ0) is 33.2. The molecule has 4 heteroatoms. The minimum absolute atomic E-state index is 0.0819. The summed E-state index contributed by atoms with van der Waals surface area (Å²) in [6, 6.07) is 47.4. The monoisotopic (exact) mass is 638 g/mol. The van der Waals surface area contributed by atoms with Gasteiger partial charge in [-0.05, 0) is 67.6 Å². The second-order valence-corrected chi connectivity index (χ2v) is 13.1. The zero-order valence-corrected chi connectivity index (χ0v) is 27.1. The van der Waals surface area contributed by atoms with Crippen LogP contribution in [0.1, 0.15) is 28.3 Å². The van der Waals surface area contributed by atoms with Crippen LogP contribution >= 0.6 is 0 Å². The number of nitrogens with zero attached hydrogens (tertiary/aromatic N) is 2. The number of benzene rings is 7. The van der Waals surface area contributed by atoms with Crippen molar-refractivity contribution in [2.24, 2.45) is 0 Å². The van der Waals surface area contributed by atoms with E-state index in [1.165, 1.54) is 49.3 Å². The molecule has 8 aromatic rings. The van der Waals surface area contributed by atoms with Crippen LogP contribution < -0.4 is 10.6 Å². The van der Waals surface area contributed by atoms with E-state index in [2.05, 4.69) is 144 Å². The van der Waals surface area contributed by atoms with Crippen molar-refractivity contribution in [3.63, 3.8) is 0 Å². The van der Waals surface area contributed by atoms with E-state index in [4.69, 9.17) is 4.98 Å². The van der Waals surface area contributed by atoms with Gasteiger partial charge in [-0.25, -0.2) is 4.98 Å². The lowest BCUT2D eigenvalue weighted by atomic mass is 9.89. The summed E-state index contributed by atoms with van der Waals surface area (Å²) in [5, 5.41) is 25.1. The molecule has 50 heavy (non-hydrogen) atoms. The van der Waals surface area contributed by atoms with Crippen LogP contribution in [0.3, 0.4) is 0 Å². The Morgan fingerprint density at radius 3 is 2.00 bits per heavy atom. The number of nitriles is 1. The molecule has 7 aromatic carbocycles. The van der Waals surface area contributed by atoms with Crippen LogP contribution in [0.4, 0.5) is 11.4 Å². The maximum absolute atomic E-state index is 9.51. The molecule has 0 aliphatic carbocycles. The average Bonchev–Trinajstić information content (AvgIpc) is 3.20. The number of rotatable bonds is 3. The van der Waals surface area contributed by atoms with E-state index < -0.39 is 0 Å². The van der Waals surface area contributed by atoms with Gasteiger partial charge in [0.05, 0.1) is 40.3 Å². The van der Waals surface area contributed by atoms with Crippen molar-refractivity contribution < 1.29 is 0 Å². The first-order chi connectivity index (χ1) is 24.7. The number of pyridine rings is 1. The molecule has 1 atom stereocenters. The molecule has 10 rings (SSSR count). The van der Waals surface area contributed by atoms with E-state index in [1.807, 2.05) is 24.3 Å². The maximum Gasteiger partial charge on any atom is 0.0991 e. The summed E-state index contributed by atoms with van der Waals surface area (Å²) in [4.78, 5) is 5.41. The van der Waals surface area contributed by atoms with Crippen LogP contribution in [0, 0.1) is 11.3 Å². The number of fused-ring (bicyclic) bond motifs is 11. The smallest absolute Gasteiger partial charge is 0.0991 e. The minimum Gasteiger partial charge on any atom is -0.379 e. The zero-order valence-electron chi connectivity index (χ0n) is 27.1. The van der Waals surface area contributed by atoms with E-state index in [1.54, 1.807) is 0 Å². The van der Waals surface area contributed by atoms with Crippen LogP contribution in [0.25, 0.3) is 77.8 Å². The number of hydrogen-bond donors (Lipinski definition) is 2. The van der Waals surface area contributed by atoms with Gasteiger partial charge < -0.3 is 10.6 Å². The molecule has 2 N–H and O–H groups in total. The fourth-order valence-electron chi connectivity index (χ4n) is 7.86. The SMILES string of the molecule is N#Cc1ccc(-c2nc3cc(-c4ccc(C5C=Cc6ccc7c(c6N5)NCC=C7)cc4)ccc3c3c4ccccc4c4ccccc4c23)cc1. The van der Waals surface area contributed by atoms with Crippen molar-refractivity contribution in [2.45, 2.75) is 6.04 Å². The summed E-state index contributed by atoms with van der Waals surface area (Å²) in [6.07, 6.45) is 8.82. The Bertz CT molecular complexity index is 2780. The average molecular weight is 639 g/mol. The molecule has 1 unspecified atom stereocenters. The van der Waals surface area contributed by atoms with E-state index in [0.717, 1.165) is 50.9 Å². The summed E-state index contributed by atoms with van der Waals surface area (Å²) in [5.41, 5.74) is 11.7. The Kier molecular flexibility index (Phi) is 6.34. The van der Waals surface area contributed by atoms with E-state index >= 15 is 0 Å². The largest absolute Gasteiger partial charge is 0.379 e. The van der Waals surface area contributed by atoms with E-state index in [-0.39, 0.29) is 6.04 Å². The van der Waals surface area contributed by atoms with Gasteiger partial charge >= 0.3 is 0 Å². The number of nitrogens with one attached hydrogen (secondary N) is 2. The standard InChI is InChI=1S/C46H30N4/c47-27-28-11-13-32(14-12-28)44-43-38-10-4-2-8-36(38)35-7-1-3-9-37(35)42(43)39-23-21-34(26-41(39)50-44)29-15-17-30(18-16-29)40-24-22-33-20-19-31-6-5-25-48-45(31)46(33)49-40/h1-24,26,40,48-49H,25H2. The third-order valence-electron chi connectivity index (χ3n) is 10.3. The molecular formula is C46H30N4. The van der Waals surface area contributed by atoms with Crippen molar-refractivity contribution in [2.75, 3.05) is 17.2 Å². The highest BCUT2D eigenvalue weighted by atomic mass is 15.0. The number of aromatic nitrogens is 1. The predicted molar refractivity (Wildman–Crippen MR) is 209 cm³/mol. The number of anilines is 2. The van der Waals surface area contributed by atoms with Crippen LogP contribution in [0.2, 0.25) is 0 Å². The highest BCUT2D eigenvalue weighted by Crippen LogP contribution is 2.44. The molecule has 4 nitrogen and oxygen atoms in total. The molecule has 0 fully saturated rings. The summed E-state index contributed by atoms with van der Waals surface area (Å²) in [6.45, 7) is 0.840. The fourth-order valence-corrected chi connectivity index (χ4v) is 7.86. The Morgan fingerprint density at radius 1 is 0.600 bits per heavy atom. The lowest BCUT2D eigenvalue weighted by Crippen LogP contribution is -2.16. The first-order valence-corrected chi connectivity index (χ1v) is 17.0. The van der Waals surface area contributed by atoms with Gasteiger partial charge in [0.2, 0.25) is 0 Å². The molecule has 2 aliphatic rings. The normalized spacial score (nSPS) is 14.7. The van der Waals surface area contributed by atoms with Gasteiger partial charge in [-0.3, -0.25) is 0 Å². The van der Waals surface area contributed by atoms with Crippen molar-refractivity contribution in [3.05, 3.63) is 162 Å². The van der Waals surface area contributed by atoms with Crippen molar-refractivity contribution in [3.8, 4) is 28.5 Å². The second-order valence-electron chi connectivity index (χ2n) is 13.1. The molecule has 0 saturated heterocycles. The Labute approximate surface area is 289 Å². The van der Waals surface area contributed by atoms with Crippen molar-refractivity contribution in [1.29, 1.82) is 5.26 Å². The molecule has 0 saturated carbocycles. The summed E-state index contributed by atoms with van der Waals surface area (Å²) >= 11 is 0. The quantitative estimate of drug-likeness (QED) is 0.189. The summed E-state index contributed by atoms with van der Waals surface area (Å²) in [5.74, 6) is 0. The fraction of sp³-hybridized carbons (Fsp3) is 0.0435. The van der Waals surface area contributed by atoms with E-state index in [9.17, 15) is 5.26 Å². The van der Waals surface area contributed by atoms with Crippen molar-refractivity contribution in [1.82, 2.24) is 4.98 Å². The molecule has 2 aliphatic heterocycles.